The zero-order valence-electron chi connectivity index (χ0n) is 9.02. The van der Waals surface area contributed by atoms with Gasteiger partial charge in [0.1, 0.15) is 0 Å². The van der Waals surface area contributed by atoms with Crippen molar-refractivity contribution in [3.8, 4) is 0 Å². The fourth-order valence-electron chi connectivity index (χ4n) is 2.29. The number of nitrogens with zero attached hydrogens (tertiary/aromatic N) is 1. The first kappa shape index (κ1) is 10.9. The van der Waals surface area contributed by atoms with Gasteiger partial charge in [0.2, 0.25) is 0 Å². The van der Waals surface area contributed by atoms with Gasteiger partial charge in [-0.2, -0.15) is 0 Å². The zero-order chi connectivity index (χ0) is 10.7. The maximum atomic E-state index is 10.4. The van der Waals surface area contributed by atoms with Crippen molar-refractivity contribution in [2.45, 2.75) is 19.3 Å². The predicted molar refractivity (Wildman–Crippen MR) is 55.7 cm³/mol. The molecule has 2 aliphatic rings. The van der Waals surface area contributed by atoms with E-state index in [1.807, 2.05) is 0 Å². The van der Waals surface area contributed by atoms with Crippen LogP contribution in [0, 0.1) is 11.8 Å². The number of rotatable bonds is 6. The van der Waals surface area contributed by atoms with E-state index in [4.69, 9.17) is 9.84 Å². The SMILES string of the molecule is O=C(O)CC1CN(CCCC2COC2)C1. The minimum Gasteiger partial charge on any atom is -0.481 e. The third kappa shape index (κ3) is 3.18. The maximum Gasteiger partial charge on any atom is 0.303 e. The van der Waals surface area contributed by atoms with E-state index in [9.17, 15) is 4.79 Å². The van der Waals surface area contributed by atoms with E-state index in [2.05, 4.69) is 4.90 Å². The molecule has 1 N–H and O–H groups in total. The monoisotopic (exact) mass is 213 g/mol. The molecule has 86 valence electrons. The Kier molecular flexibility index (Phi) is 3.59. The van der Waals surface area contributed by atoms with Crippen LogP contribution >= 0.6 is 0 Å². The van der Waals surface area contributed by atoms with Gasteiger partial charge in [0.25, 0.3) is 0 Å². The smallest absolute Gasteiger partial charge is 0.303 e. The molecule has 0 aliphatic carbocycles. The van der Waals surface area contributed by atoms with E-state index in [-0.39, 0.29) is 0 Å². The second-order valence-electron chi connectivity index (χ2n) is 4.77. The summed E-state index contributed by atoms with van der Waals surface area (Å²) >= 11 is 0. The van der Waals surface area contributed by atoms with Crippen LogP contribution in [0.2, 0.25) is 0 Å². The summed E-state index contributed by atoms with van der Waals surface area (Å²) in [5.41, 5.74) is 0. The van der Waals surface area contributed by atoms with Gasteiger partial charge in [-0.05, 0) is 25.3 Å². The number of carbonyl (C=O) groups is 1. The number of likely N-dealkylation sites (tertiary alicyclic amines) is 1. The first-order chi connectivity index (χ1) is 7.24. The molecular weight excluding hydrogens is 194 g/mol. The molecule has 2 saturated heterocycles. The van der Waals surface area contributed by atoms with Crippen molar-refractivity contribution in [1.29, 1.82) is 0 Å². The number of aliphatic carboxylic acids is 1. The molecular formula is C11H19NO3. The summed E-state index contributed by atoms with van der Waals surface area (Å²) in [6.07, 6.45) is 2.83. The minimum atomic E-state index is -0.661. The van der Waals surface area contributed by atoms with Gasteiger partial charge in [-0.15, -0.1) is 0 Å². The lowest BCUT2D eigenvalue weighted by molar-refractivity contribution is -0.139. The van der Waals surface area contributed by atoms with E-state index in [1.165, 1.54) is 12.8 Å². The molecule has 4 heteroatoms. The Balaban J connectivity index is 1.46. The summed E-state index contributed by atoms with van der Waals surface area (Å²) in [7, 11) is 0. The molecule has 0 atom stereocenters. The predicted octanol–water partition coefficient (Wildman–Crippen LogP) is 0.819. The number of carboxylic acid groups (broad SMARTS) is 1. The molecule has 0 radical (unpaired) electrons. The standard InChI is InChI=1S/C11H19NO3/c13-11(14)4-10-5-12(6-10)3-1-2-9-7-15-8-9/h9-10H,1-8H2,(H,13,14). The highest BCUT2D eigenvalue weighted by molar-refractivity contribution is 5.67. The Morgan fingerprint density at radius 2 is 2.07 bits per heavy atom. The quantitative estimate of drug-likeness (QED) is 0.709. The average molecular weight is 213 g/mol. The van der Waals surface area contributed by atoms with Gasteiger partial charge in [0.05, 0.1) is 19.6 Å². The summed E-state index contributed by atoms with van der Waals surface area (Å²) in [6, 6.07) is 0. The molecule has 0 amide bonds. The summed E-state index contributed by atoms with van der Waals surface area (Å²) in [6.45, 7) is 4.98. The second-order valence-corrected chi connectivity index (χ2v) is 4.77. The summed E-state index contributed by atoms with van der Waals surface area (Å²) in [5, 5.41) is 8.59. The van der Waals surface area contributed by atoms with E-state index in [0.29, 0.717) is 12.3 Å². The van der Waals surface area contributed by atoms with Gasteiger partial charge in [-0.3, -0.25) is 4.79 Å². The van der Waals surface area contributed by atoms with Crippen molar-refractivity contribution in [2.24, 2.45) is 11.8 Å². The van der Waals surface area contributed by atoms with Crippen molar-refractivity contribution in [3.63, 3.8) is 0 Å². The molecule has 0 aromatic heterocycles. The molecule has 2 rings (SSSR count). The highest BCUT2D eigenvalue weighted by Gasteiger charge is 2.28. The van der Waals surface area contributed by atoms with Crippen LogP contribution in [-0.2, 0) is 9.53 Å². The molecule has 0 aromatic carbocycles. The highest BCUT2D eigenvalue weighted by atomic mass is 16.5. The third-order valence-corrected chi connectivity index (χ3v) is 3.29. The molecule has 0 saturated carbocycles. The lowest BCUT2D eigenvalue weighted by atomic mass is 9.95. The Bertz CT molecular complexity index is 222. The molecule has 4 nitrogen and oxygen atoms in total. The topological polar surface area (TPSA) is 49.8 Å². The average Bonchev–Trinajstić information content (AvgIpc) is 2.03. The van der Waals surface area contributed by atoms with Crippen molar-refractivity contribution in [3.05, 3.63) is 0 Å². The zero-order valence-corrected chi connectivity index (χ0v) is 9.02. The Labute approximate surface area is 90.2 Å². The van der Waals surface area contributed by atoms with E-state index < -0.39 is 5.97 Å². The van der Waals surface area contributed by atoms with Crippen LogP contribution < -0.4 is 0 Å². The van der Waals surface area contributed by atoms with Gasteiger partial charge in [-0.1, -0.05) is 0 Å². The molecule has 0 unspecified atom stereocenters. The molecule has 0 aromatic rings. The van der Waals surface area contributed by atoms with Crippen molar-refractivity contribution in [1.82, 2.24) is 4.90 Å². The van der Waals surface area contributed by atoms with Crippen LogP contribution in [0.15, 0.2) is 0 Å². The molecule has 0 bridgehead atoms. The summed E-state index contributed by atoms with van der Waals surface area (Å²) in [4.78, 5) is 12.8. The fourth-order valence-corrected chi connectivity index (χ4v) is 2.29. The van der Waals surface area contributed by atoms with Crippen LogP contribution in [0.4, 0.5) is 0 Å². The fraction of sp³-hybridized carbons (Fsp3) is 0.909. The maximum absolute atomic E-state index is 10.4. The first-order valence-electron chi connectivity index (χ1n) is 5.76. The second kappa shape index (κ2) is 4.94. The van der Waals surface area contributed by atoms with Crippen LogP contribution in [-0.4, -0.2) is 48.8 Å². The lowest BCUT2D eigenvalue weighted by Crippen LogP contribution is -2.47. The number of ether oxygens (including phenoxy) is 1. The van der Waals surface area contributed by atoms with E-state index >= 15 is 0 Å². The van der Waals surface area contributed by atoms with Crippen LogP contribution in [0.25, 0.3) is 0 Å². The van der Waals surface area contributed by atoms with Gasteiger partial charge in [-0.25, -0.2) is 0 Å². The van der Waals surface area contributed by atoms with Crippen LogP contribution in [0.5, 0.6) is 0 Å². The van der Waals surface area contributed by atoms with Gasteiger partial charge in [0.15, 0.2) is 0 Å². The molecule has 0 spiro atoms. The van der Waals surface area contributed by atoms with Crippen molar-refractivity contribution in [2.75, 3.05) is 32.8 Å². The van der Waals surface area contributed by atoms with Crippen molar-refractivity contribution < 1.29 is 14.6 Å². The number of hydrogen-bond donors (Lipinski definition) is 1. The molecule has 2 aliphatic heterocycles. The van der Waals surface area contributed by atoms with Gasteiger partial charge in [0, 0.05) is 19.0 Å². The Hall–Kier alpha value is -0.610. The normalized spacial score (nSPS) is 23.5. The minimum absolute atomic E-state index is 0.340. The van der Waals surface area contributed by atoms with E-state index in [1.54, 1.807) is 0 Å². The largest absolute Gasteiger partial charge is 0.481 e. The Morgan fingerprint density at radius 3 is 2.60 bits per heavy atom. The molecule has 2 fully saturated rings. The van der Waals surface area contributed by atoms with E-state index in [0.717, 1.165) is 38.8 Å². The number of carboxylic acids is 1. The lowest BCUT2D eigenvalue weighted by Gasteiger charge is -2.39. The van der Waals surface area contributed by atoms with Gasteiger partial charge >= 0.3 is 5.97 Å². The van der Waals surface area contributed by atoms with Gasteiger partial charge < -0.3 is 14.7 Å². The highest BCUT2D eigenvalue weighted by Crippen LogP contribution is 2.21. The third-order valence-electron chi connectivity index (χ3n) is 3.29. The molecule has 2 heterocycles. The number of hydrogen-bond acceptors (Lipinski definition) is 3. The van der Waals surface area contributed by atoms with Crippen molar-refractivity contribution >= 4 is 5.97 Å². The Morgan fingerprint density at radius 1 is 1.33 bits per heavy atom. The van der Waals surface area contributed by atoms with Crippen LogP contribution in [0.3, 0.4) is 0 Å². The summed E-state index contributed by atoms with van der Waals surface area (Å²) in [5.74, 6) is 0.530. The molecule has 15 heavy (non-hydrogen) atoms. The summed E-state index contributed by atoms with van der Waals surface area (Å²) < 4.78 is 5.11. The van der Waals surface area contributed by atoms with Crippen LogP contribution in [0.1, 0.15) is 19.3 Å². The first-order valence-corrected chi connectivity index (χ1v) is 5.76.